The number of rotatable bonds is 27. The number of fused-ring (bicyclic) bond motifs is 1. The first-order chi connectivity index (χ1) is 23.3. The Morgan fingerprint density at radius 1 is 0.688 bits per heavy atom. The SMILES string of the molecule is O=C(CCCCC1SCC2NC(=O)NC21)NCCNC(=O)CCOCCOCCOCCOCCOCCC(=O)ON1C(=O)CCC1=O. The highest BCUT2D eigenvalue weighted by atomic mass is 32.2. The molecule has 0 radical (unpaired) electrons. The summed E-state index contributed by atoms with van der Waals surface area (Å²) in [6.45, 7) is 3.91. The summed E-state index contributed by atoms with van der Waals surface area (Å²) >= 11 is 1.87. The van der Waals surface area contributed by atoms with E-state index >= 15 is 0 Å². The van der Waals surface area contributed by atoms with E-state index < -0.39 is 17.8 Å². The molecule has 3 atom stereocenters. The third kappa shape index (κ3) is 15.9. The number of hydrogen-bond acceptors (Lipinski definition) is 13. The minimum Gasteiger partial charge on any atom is -0.379 e. The van der Waals surface area contributed by atoms with Crippen molar-refractivity contribution in [2.75, 3.05) is 84.9 Å². The van der Waals surface area contributed by atoms with Crippen LogP contribution in [0.5, 0.6) is 0 Å². The maximum absolute atomic E-state index is 12.0. The molecule has 18 heteroatoms. The number of nitrogens with zero attached hydrogens (tertiary/aromatic N) is 1. The Labute approximate surface area is 284 Å². The fourth-order valence-corrected chi connectivity index (χ4v) is 6.51. The lowest BCUT2D eigenvalue weighted by atomic mass is 10.0. The van der Waals surface area contributed by atoms with Gasteiger partial charge in [-0.15, -0.1) is 5.06 Å². The van der Waals surface area contributed by atoms with Crippen molar-refractivity contribution in [1.82, 2.24) is 26.3 Å². The predicted octanol–water partition coefficient (Wildman–Crippen LogP) is -0.585. The highest BCUT2D eigenvalue weighted by Crippen LogP contribution is 2.33. The second kappa shape index (κ2) is 23.3. The number of urea groups is 1. The van der Waals surface area contributed by atoms with Crippen molar-refractivity contribution in [1.29, 1.82) is 0 Å². The largest absolute Gasteiger partial charge is 0.379 e. The van der Waals surface area contributed by atoms with E-state index in [1.54, 1.807) is 0 Å². The number of unbranched alkanes of at least 4 members (excludes halogenated alkanes) is 1. The van der Waals surface area contributed by atoms with Crippen LogP contribution in [0, 0.1) is 0 Å². The highest BCUT2D eigenvalue weighted by Gasteiger charge is 2.42. The number of imide groups is 1. The van der Waals surface area contributed by atoms with Gasteiger partial charge in [0.15, 0.2) is 0 Å². The lowest BCUT2D eigenvalue weighted by Crippen LogP contribution is -2.36. The zero-order valence-electron chi connectivity index (χ0n) is 27.3. The van der Waals surface area contributed by atoms with Gasteiger partial charge in [0.2, 0.25) is 11.8 Å². The fourth-order valence-electron chi connectivity index (χ4n) is 4.96. The van der Waals surface area contributed by atoms with E-state index in [0.717, 1.165) is 25.0 Å². The maximum atomic E-state index is 12.0. The van der Waals surface area contributed by atoms with Gasteiger partial charge in [0.25, 0.3) is 11.8 Å². The number of hydrogen-bond donors (Lipinski definition) is 4. The Morgan fingerprint density at radius 3 is 1.79 bits per heavy atom. The molecule has 272 valence electrons. The van der Waals surface area contributed by atoms with Crippen molar-refractivity contribution in [2.24, 2.45) is 0 Å². The van der Waals surface area contributed by atoms with Crippen LogP contribution in [0.1, 0.15) is 51.4 Å². The van der Waals surface area contributed by atoms with Gasteiger partial charge in [0.1, 0.15) is 0 Å². The molecule has 3 fully saturated rings. The molecular formula is C30H49N5O12S. The van der Waals surface area contributed by atoms with Crippen molar-refractivity contribution < 1.29 is 57.3 Å². The van der Waals surface area contributed by atoms with Crippen LogP contribution >= 0.6 is 11.8 Å². The third-order valence-corrected chi connectivity index (χ3v) is 8.97. The Bertz CT molecular complexity index is 1040. The minimum atomic E-state index is -0.712. The van der Waals surface area contributed by atoms with Crippen LogP contribution in [0.2, 0.25) is 0 Å². The standard InChI is InChI=1S/C30H49N5O12S/c36-24(4-2-1-3-23-29-22(21-48-23)33-30(41)34-29)31-9-10-32-25(37)7-11-42-13-15-44-17-19-46-20-18-45-16-14-43-12-8-28(40)47-35-26(38)5-6-27(35)39/h22-23,29H,1-21H2,(H,31,36)(H,32,37)(H2,33,34,41). The van der Waals surface area contributed by atoms with Crippen LogP contribution < -0.4 is 21.3 Å². The van der Waals surface area contributed by atoms with E-state index in [2.05, 4.69) is 21.3 Å². The fraction of sp³-hybridized carbons (Fsp3) is 0.800. The topological polar surface area (TPSA) is 209 Å². The monoisotopic (exact) mass is 703 g/mol. The van der Waals surface area contributed by atoms with Gasteiger partial charge in [0, 0.05) is 49.8 Å². The van der Waals surface area contributed by atoms with Crippen LogP contribution in [-0.4, -0.2) is 143 Å². The molecule has 0 aromatic heterocycles. The van der Waals surface area contributed by atoms with Crippen LogP contribution in [0.3, 0.4) is 0 Å². The normalized spacial score (nSPS) is 20.0. The van der Waals surface area contributed by atoms with Crippen molar-refractivity contribution in [3.63, 3.8) is 0 Å². The number of thioether (sulfide) groups is 1. The first-order valence-electron chi connectivity index (χ1n) is 16.5. The molecular weight excluding hydrogens is 654 g/mol. The van der Waals surface area contributed by atoms with Crippen LogP contribution in [-0.2, 0) is 52.5 Å². The summed E-state index contributed by atoms with van der Waals surface area (Å²) in [5.41, 5.74) is 0. The number of hydroxylamine groups is 2. The first kappa shape index (κ1) is 39.4. The average molecular weight is 704 g/mol. The lowest BCUT2D eigenvalue weighted by Gasteiger charge is -2.16. The zero-order valence-corrected chi connectivity index (χ0v) is 28.2. The molecule has 0 aliphatic carbocycles. The molecule has 3 heterocycles. The number of carbonyl (C=O) groups is 6. The molecule has 3 rings (SSSR count). The minimum absolute atomic E-state index is 0.0320. The van der Waals surface area contributed by atoms with Crippen LogP contribution in [0.25, 0.3) is 0 Å². The summed E-state index contributed by atoms with van der Waals surface area (Å²) < 4.78 is 26.9. The van der Waals surface area contributed by atoms with Gasteiger partial charge in [0.05, 0.1) is 84.6 Å². The summed E-state index contributed by atoms with van der Waals surface area (Å²) in [7, 11) is 0. The quantitative estimate of drug-likeness (QED) is 0.0480. The molecule has 3 unspecified atom stereocenters. The molecule has 0 saturated carbocycles. The van der Waals surface area contributed by atoms with Crippen LogP contribution in [0.4, 0.5) is 4.79 Å². The molecule has 0 spiro atoms. The second-order valence-corrected chi connectivity index (χ2v) is 12.4. The molecule has 0 bridgehead atoms. The molecule has 3 saturated heterocycles. The van der Waals surface area contributed by atoms with E-state index in [1.165, 1.54) is 0 Å². The average Bonchev–Trinajstić information content (AvgIpc) is 3.72. The van der Waals surface area contributed by atoms with E-state index in [4.69, 9.17) is 28.5 Å². The molecule has 3 aliphatic heterocycles. The summed E-state index contributed by atoms with van der Waals surface area (Å²) in [4.78, 5) is 74.6. The number of amides is 6. The molecule has 3 aliphatic rings. The van der Waals surface area contributed by atoms with Gasteiger partial charge in [-0.25, -0.2) is 9.59 Å². The number of nitrogens with one attached hydrogen (secondary N) is 4. The summed E-state index contributed by atoms with van der Waals surface area (Å²) in [5.74, 6) is -1.00. The summed E-state index contributed by atoms with van der Waals surface area (Å²) in [5, 5.41) is 12.4. The Balaban J connectivity index is 0.977. The Hall–Kier alpha value is -3.03. The second-order valence-electron chi connectivity index (χ2n) is 11.2. The van der Waals surface area contributed by atoms with Gasteiger partial charge in [-0.2, -0.15) is 11.8 Å². The van der Waals surface area contributed by atoms with E-state index in [0.29, 0.717) is 76.1 Å². The third-order valence-electron chi connectivity index (χ3n) is 7.46. The van der Waals surface area contributed by atoms with Gasteiger partial charge < -0.3 is 49.8 Å². The van der Waals surface area contributed by atoms with Gasteiger partial charge >= 0.3 is 12.0 Å². The molecule has 0 aromatic carbocycles. The van der Waals surface area contributed by atoms with Crippen molar-refractivity contribution in [3.05, 3.63) is 0 Å². The first-order valence-corrected chi connectivity index (χ1v) is 17.6. The molecule has 48 heavy (non-hydrogen) atoms. The lowest BCUT2D eigenvalue weighted by molar-refractivity contribution is -0.198. The van der Waals surface area contributed by atoms with E-state index in [-0.39, 0.29) is 75.4 Å². The molecule has 0 aromatic rings. The van der Waals surface area contributed by atoms with Gasteiger partial charge in [-0.1, -0.05) is 6.42 Å². The molecule has 17 nitrogen and oxygen atoms in total. The smallest absolute Gasteiger partial charge is 0.335 e. The number of ether oxygens (including phenoxy) is 5. The zero-order chi connectivity index (χ0) is 34.4. The van der Waals surface area contributed by atoms with Crippen LogP contribution in [0.15, 0.2) is 0 Å². The summed E-state index contributed by atoms with van der Waals surface area (Å²) in [6.07, 6.45) is 3.36. The Morgan fingerprint density at radius 2 is 1.21 bits per heavy atom. The van der Waals surface area contributed by atoms with E-state index in [9.17, 15) is 28.8 Å². The number of carbonyl (C=O) groups excluding carboxylic acids is 6. The van der Waals surface area contributed by atoms with Gasteiger partial charge in [-0.05, 0) is 12.8 Å². The summed E-state index contributed by atoms with van der Waals surface area (Å²) in [6, 6.07) is 0.324. The maximum Gasteiger partial charge on any atom is 0.335 e. The van der Waals surface area contributed by atoms with Gasteiger partial charge in [-0.3, -0.25) is 19.2 Å². The van der Waals surface area contributed by atoms with Crippen molar-refractivity contribution in [3.8, 4) is 0 Å². The van der Waals surface area contributed by atoms with Crippen molar-refractivity contribution >= 4 is 47.4 Å². The van der Waals surface area contributed by atoms with Crippen molar-refractivity contribution in [2.45, 2.75) is 68.7 Å². The molecule has 4 N–H and O–H groups in total. The van der Waals surface area contributed by atoms with E-state index in [1.807, 2.05) is 11.8 Å². The molecule has 6 amide bonds. The predicted molar refractivity (Wildman–Crippen MR) is 170 cm³/mol. The highest BCUT2D eigenvalue weighted by molar-refractivity contribution is 8.00. The Kier molecular flexibility index (Phi) is 19.2.